The predicted molar refractivity (Wildman–Crippen MR) is 171 cm³/mol. The number of carbonyl (C=O) groups excluding carboxylic acids is 1. The van der Waals surface area contributed by atoms with Gasteiger partial charge < -0.3 is 44.5 Å². The summed E-state index contributed by atoms with van der Waals surface area (Å²) in [5, 5.41) is 55.8. The Morgan fingerprint density at radius 1 is 0.851 bits per heavy atom. The molecule has 0 bridgehead atoms. The van der Waals surface area contributed by atoms with Gasteiger partial charge in [-0.15, -0.1) is 0 Å². The van der Waals surface area contributed by atoms with Crippen LogP contribution >= 0.6 is 0 Å². The summed E-state index contributed by atoms with van der Waals surface area (Å²) >= 11 is 0. The van der Waals surface area contributed by atoms with E-state index in [1.807, 2.05) is 13.8 Å². The van der Waals surface area contributed by atoms with Crippen molar-refractivity contribution >= 4 is 5.97 Å². The Morgan fingerprint density at radius 3 is 2.19 bits per heavy atom. The Kier molecular flexibility index (Phi) is 7.80. The fourth-order valence-corrected chi connectivity index (χ4v) is 13.7. The lowest BCUT2D eigenvalue weighted by atomic mass is 9.41. The van der Waals surface area contributed by atoms with Gasteiger partial charge in [-0.3, -0.25) is 4.79 Å². The second-order valence-corrected chi connectivity index (χ2v) is 18.8. The van der Waals surface area contributed by atoms with Crippen molar-refractivity contribution in [2.24, 2.45) is 44.8 Å². The van der Waals surface area contributed by atoms with E-state index in [9.17, 15) is 30.3 Å². The van der Waals surface area contributed by atoms with Gasteiger partial charge in [0.05, 0.1) is 42.2 Å². The molecule has 10 nitrogen and oxygen atoms in total. The molecule has 0 unspecified atom stereocenters. The molecule has 2 aliphatic heterocycles. The monoisotopic (exact) mass is 664 g/mol. The first-order valence-electron chi connectivity index (χ1n) is 18.2. The van der Waals surface area contributed by atoms with Crippen molar-refractivity contribution in [2.45, 2.75) is 173 Å². The lowest BCUT2D eigenvalue weighted by molar-refractivity contribution is -0.309. The fourth-order valence-electron chi connectivity index (χ4n) is 13.7. The maximum absolute atomic E-state index is 12.2. The van der Waals surface area contributed by atoms with E-state index < -0.39 is 59.4 Å². The van der Waals surface area contributed by atoms with Gasteiger partial charge in [-0.25, -0.2) is 0 Å². The minimum absolute atomic E-state index is 0.00501. The molecule has 0 aromatic rings. The molecule has 0 aromatic heterocycles. The standard InChI is InChI=1S/C37H60O10/c1-19(38)45-27-26(42)22(41)17-44-30(27)46-24-10-12-37-18-36(37)14-13-33(6)29(35(8)11-9-25(47-35)32(4,5)43)21(40)16-34(33,7)23(36)15-20(39)28(37)31(24,2)3/h20-30,39-43H,9-18H2,1-8H3/t20-,21-,22+,23-,24+,25-,26-,27+,28+,29+,30-,33+,34-,35-,36-,37+/m0/s1. The molecule has 7 fully saturated rings. The van der Waals surface area contributed by atoms with Crippen LogP contribution in [0.25, 0.3) is 0 Å². The molecule has 0 amide bonds. The zero-order chi connectivity index (χ0) is 34.3. The van der Waals surface area contributed by atoms with Gasteiger partial charge in [0.15, 0.2) is 12.4 Å². The Bertz CT molecular complexity index is 1270. The summed E-state index contributed by atoms with van der Waals surface area (Å²) in [6.45, 7) is 16.0. The van der Waals surface area contributed by atoms with Gasteiger partial charge >= 0.3 is 5.97 Å². The van der Waals surface area contributed by atoms with E-state index >= 15 is 0 Å². The van der Waals surface area contributed by atoms with Gasteiger partial charge in [0.1, 0.15) is 12.2 Å². The summed E-state index contributed by atoms with van der Waals surface area (Å²) in [7, 11) is 0. The van der Waals surface area contributed by atoms with Crippen molar-refractivity contribution in [1.29, 1.82) is 0 Å². The first-order valence-corrected chi connectivity index (χ1v) is 18.2. The Hall–Kier alpha value is -0.850. The topological polar surface area (TPSA) is 155 Å². The van der Waals surface area contributed by atoms with Crippen LogP contribution in [0.3, 0.4) is 0 Å². The van der Waals surface area contributed by atoms with Crippen LogP contribution in [-0.4, -0.2) is 98.3 Å². The number of ether oxygens (including phenoxy) is 4. The van der Waals surface area contributed by atoms with E-state index in [2.05, 4.69) is 34.6 Å². The third-order valence-corrected chi connectivity index (χ3v) is 15.8. The number of aliphatic hydroxyl groups excluding tert-OH is 4. The highest BCUT2D eigenvalue weighted by Crippen LogP contribution is 2.89. The van der Waals surface area contributed by atoms with Crippen LogP contribution in [0.15, 0.2) is 0 Å². The first kappa shape index (κ1) is 34.6. The summed E-state index contributed by atoms with van der Waals surface area (Å²) in [5.41, 5.74) is -2.18. The number of hydrogen-bond acceptors (Lipinski definition) is 10. The minimum atomic E-state index is -1.32. The number of hydrogen-bond donors (Lipinski definition) is 5. The molecular formula is C37H60O10. The largest absolute Gasteiger partial charge is 0.454 e. The molecule has 2 heterocycles. The molecule has 16 atom stereocenters. The first-order chi connectivity index (χ1) is 21.7. The second kappa shape index (κ2) is 10.6. The fraction of sp³-hybridized carbons (Fsp3) is 0.973. The average Bonchev–Trinajstić information content (AvgIpc) is 3.30. The number of esters is 1. The van der Waals surface area contributed by atoms with Gasteiger partial charge in [0, 0.05) is 12.8 Å². The van der Waals surface area contributed by atoms with E-state index in [-0.39, 0.29) is 58.2 Å². The third-order valence-electron chi connectivity index (χ3n) is 15.8. The number of rotatable bonds is 5. The van der Waals surface area contributed by atoms with Crippen LogP contribution < -0.4 is 0 Å². The van der Waals surface area contributed by atoms with Crippen LogP contribution in [0.2, 0.25) is 0 Å². The van der Waals surface area contributed by atoms with E-state index in [0.717, 1.165) is 44.9 Å². The Balaban J connectivity index is 1.15. The average molecular weight is 665 g/mol. The molecule has 2 spiro atoms. The molecular weight excluding hydrogens is 604 g/mol. The van der Waals surface area contributed by atoms with Crippen LogP contribution in [0.5, 0.6) is 0 Å². The molecule has 5 N–H and O–H groups in total. The number of carbonyl (C=O) groups is 1. The summed E-state index contributed by atoms with van der Waals surface area (Å²) in [6, 6.07) is 0. The zero-order valence-corrected chi connectivity index (χ0v) is 29.7. The molecule has 7 aliphatic rings. The van der Waals surface area contributed by atoms with E-state index in [4.69, 9.17) is 18.9 Å². The van der Waals surface area contributed by atoms with Gasteiger partial charge in [-0.1, -0.05) is 27.7 Å². The highest BCUT2D eigenvalue weighted by Gasteiger charge is 2.85. The second-order valence-electron chi connectivity index (χ2n) is 18.8. The van der Waals surface area contributed by atoms with Gasteiger partial charge in [0.25, 0.3) is 0 Å². The lowest BCUT2D eigenvalue weighted by Crippen LogP contribution is -2.63. The molecule has 5 saturated carbocycles. The van der Waals surface area contributed by atoms with E-state index in [1.165, 1.54) is 6.92 Å². The van der Waals surface area contributed by atoms with Crippen molar-refractivity contribution < 1.29 is 49.3 Å². The minimum Gasteiger partial charge on any atom is -0.454 e. The highest BCUT2D eigenvalue weighted by atomic mass is 16.7. The molecule has 10 heteroatoms. The maximum atomic E-state index is 12.2. The van der Waals surface area contributed by atoms with Crippen molar-refractivity contribution in [2.75, 3.05) is 6.61 Å². The molecule has 0 aromatic carbocycles. The van der Waals surface area contributed by atoms with Crippen LogP contribution in [-0.2, 0) is 23.7 Å². The third kappa shape index (κ3) is 4.60. The molecule has 5 aliphatic carbocycles. The smallest absolute Gasteiger partial charge is 0.303 e. The summed E-state index contributed by atoms with van der Waals surface area (Å²) in [4.78, 5) is 11.9. The predicted octanol–water partition coefficient (Wildman–Crippen LogP) is 3.47. The van der Waals surface area contributed by atoms with Crippen molar-refractivity contribution in [1.82, 2.24) is 0 Å². The van der Waals surface area contributed by atoms with E-state index in [1.54, 1.807) is 0 Å². The summed E-state index contributed by atoms with van der Waals surface area (Å²) < 4.78 is 24.4. The lowest BCUT2D eigenvalue weighted by Gasteiger charge is -2.64. The van der Waals surface area contributed by atoms with Crippen molar-refractivity contribution in [3.63, 3.8) is 0 Å². The molecule has 268 valence electrons. The molecule has 0 radical (unpaired) electrons. The zero-order valence-electron chi connectivity index (χ0n) is 29.7. The summed E-state index contributed by atoms with van der Waals surface area (Å²) in [5.74, 6) is -0.368. The van der Waals surface area contributed by atoms with Gasteiger partial charge in [-0.2, -0.15) is 0 Å². The normalized spacial score (nSPS) is 56.6. The summed E-state index contributed by atoms with van der Waals surface area (Å²) in [6.07, 6.45) is 1.48. The van der Waals surface area contributed by atoms with Crippen LogP contribution in [0.4, 0.5) is 0 Å². The van der Waals surface area contributed by atoms with Crippen molar-refractivity contribution in [3.8, 4) is 0 Å². The van der Waals surface area contributed by atoms with E-state index in [0.29, 0.717) is 12.8 Å². The Labute approximate surface area is 279 Å². The Morgan fingerprint density at radius 2 is 1.55 bits per heavy atom. The maximum Gasteiger partial charge on any atom is 0.303 e. The molecule has 7 rings (SSSR count). The molecule has 2 saturated heterocycles. The van der Waals surface area contributed by atoms with Gasteiger partial charge in [0.2, 0.25) is 0 Å². The van der Waals surface area contributed by atoms with Crippen LogP contribution in [0, 0.1) is 44.8 Å². The van der Waals surface area contributed by atoms with Crippen molar-refractivity contribution in [3.05, 3.63) is 0 Å². The number of aliphatic hydroxyl groups is 5. The van der Waals surface area contributed by atoms with Gasteiger partial charge in [-0.05, 0) is 117 Å². The number of fused-ring (bicyclic) bond motifs is 2. The highest BCUT2D eigenvalue weighted by molar-refractivity contribution is 5.66. The molecule has 47 heavy (non-hydrogen) atoms. The quantitative estimate of drug-likeness (QED) is 0.218. The van der Waals surface area contributed by atoms with Crippen LogP contribution in [0.1, 0.15) is 113 Å². The SMILES string of the molecule is CC(=O)O[C@H]1[C@H](O[C@@H]2CC[C@]34C[C@]35CC[C@]3(C)[C@H]([C@]6(C)CC[C@@H](C(C)(C)O)O6)[C@@H](O)C[C@@]3(C)[C@@H]5C[C@H](O)[C@@H]4C2(C)C)OC[C@@H](O)[C@@H]1O.